The van der Waals surface area contributed by atoms with Gasteiger partial charge in [0.05, 0.1) is 17.1 Å². The summed E-state index contributed by atoms with van der Waals surface area (Å²) in [5, 5.41) is 2.85. The molecule has 1 aliphatic carbocycles. The van der Waals surface area contributed by atoms with Gasteiger partial charge in [0.25, 0.3) is 5.91 Å². The van der Waals surface area contributed by atoms with Crippen LogP contribution in [0.1, 0.15) is 39.0 Å². The van der Waals surface area contributed by atoms with E-state index in [4.69, 9.17) is 4.74 Å². The van der Waals surface area contributed by atoms with Crippen molar-refractivity contribution in [3.8, 4) is 0 Å². The second kappa shape index (κ2) is 8.28. The lowest BCUT2D eigenvalue weighted by Gasteiger charge is -2.17. The van der Waals surface area contributed by atoms with Gasteiger partial charge in [-0.05, 0) is 31.9 Å². The topological polar surface area (TPSA) is 89.5 Å². The highest BCUT2D eigenvalue weighted by Gasteiger charge is 2.24. The fourth-order valence-corrected chi connectivity index (χ4v) is 3.90. The van der Waals surface area contributed by atoms with Crippen molar-refractivity contribution in [3.63, 3.8) is 0 Å². The molecule has 24 heavy (non-hydrogen) atoms. The lowest BCUT2D eigenvalue weighted by atomic mass is 10.2. The number of benzene rings is 1. The summed E-state index contributed by atoms with van der Waals surface area (Å²) >= 11 is 0. The minimum Gasteiger partial charge on any atom is -0.453 e. The fraction of sp³-hybridized carbons (Fsp3) is 0.529. The van der Waals surface area contributed by atoms with Crippen LogP contribution >= 0.6 is 0 Å². The van der Waals surface area contributed by atoms with Crippen LogP contribution in [0.15, 0.2) is 35.2 Å². The smallest absolute Gasteiger partial charge is 0.307 e. The van der Waals surface area contributed by atoms with E-state index in [1.807, 2.05) is 0 Å². The van der Waals surface area contributed by atoms with Gasteiger partial charge in [0, 0.05) is 6.04 Å². The maximum absolute atomic E-state index is 12.1. The zero-order chi connectivity index (χ0) is 17.6. The molecule has 0 aliphatic heterocycles. The Morgan fingerprint density at radius 3 is 2.46 bits per heavy atom. The van der Waals surface area contributed by atoms with Gasteiger partial charge < -0.3 is 10.1 Å². The summed E-state index contributed by atoms with van der Waals surface area (Å²) in [4.78, 5) is 23.9. The molecule has 1 aromatic rings. The summed E-state index contributed by atoms with van der Waals surface area (Å²) in [6.45, 7) is 1.49. The Morgan fingerprint density at radius 1 is 1.21 bits per heavy atom. The maximum Gasteiger partial charge on any atom is 0.307 e. The minimum absolute atomic E-state index is 0.150. The summed E-state index contributed by atoms with van der Waals surface area (Å²) in [7, 11) is -3.53. The molecule has 0 saturated heterocycles. The van der Waals surface area contributed by atoms with Crippen molar-refractivity contribution in [3.05, 3.63) is 30.3 Å². The van der Waals surface area contributed by atoms with E-state index in [2.05, 4.69) is 5.32 Å². The fourth-order valence-electron chi connectivity index (χ4n) is 2.66. The molecule has 1 atom stereocenters. The third-order valence-electron chi connectivity index (χ3n) is 4.06. The Labute approximate surface area is 142 Å². The molecule has 1 N–H and O–H groups in total. The molecular formula is C17H23NO5S. The number of sulfone groups is 1. The van der Waals surface area contributed by atoms with Gasteiger partial charge in [0.15, 0.2) is 15.9 Å². The van der Waals surface area contributed by atoms with Crippen LogP contribution in [0.2, 0.25) is 0 Å². The van der Waals surface area contributed by atoms with Crippen molar-refractivity contribution in [2.24, 2.45) is 0 Å². The monoisotopic (exact) mass is 353 g/mol. The number of rotatable bonds is 7. The van der Waals surface area contributed by atoms with E-state index >= 15 is 0 Å². The van der Waals surface area contributed by atoms with Gasteiger partial charge >= 0.3 is 5.97 Å². The Bertz CT molecular complexity index is 665. The molecule has 0 bridgehead atoms. The summed E-state index contributed by atoms with van der Waals surface area (Å²) in [6.07, 6.45) is 2.88. The summed E-state index contributed by atoms with van der Waals surface area (Å²) < 4.78 is 29.2. The molecule has 0 spiro atoms. The number of carbonyl (C=O) groups excluding carboxylic acids is 2. The van der Waals surface area contributed by atoms with E-state index in [1.165, 1.54) is 19.1 Å². The molecule has 0 heterocycles. The van der Waals surface area contributed by atoms with Crippen molar-refractivity contribution >= 4 is 21.7 Å². The predicted octanol–water partition coefficient (Wildman–Crippen LogP) is 1.84. The lowest BCUT2D eigenvalue weighted by molar-refractivity contribution is -0.154. The first kappa shape index (κ1) is 18.4. The molecule has 6 nitrogen and oxygen atoms in total. The van der Waals surface area contributed by atoms with E-state index in [0.717, 1.165) is 25.7 Å². The molecule has 0 aromatic heterocycles. The number of esters is 1. The number of hydrogen-bond donors (Lipinski definition) is 1. The number of ether oxygens (including phenoxy) is 1. The number of hydrogen-bond acceptors (Lipinski definition) is 5. The Hall–Kier alpha value is -1.89. The van der Waals surface area contributed by atoms with E-state index in [-0.39, 0.29) is 29.0 Å². The third kappa shape index (κ3) is 5.33. The van der Waals surface area contributed by atoms with Gasteiger partial charge in [-0.3, -0.25) is 9.59 Å². The lowest BCUT2D eigenvalue weighted by Crippen LogP contribution is -2.41. The normalized spacial score (nSPS) is 16.5. The Balaban J connectivity index is 1.79. The van der Waals surface area contributed by atoms with E-state index in [9.17, 15) is 18.0 Å². The van der Waals surface area contributed by atoms with Gasteiger partial charge in [-0.1, -0.05) is 31.0 Å². The largest absolute Gasteiger partial charge is 0.453 e. The van der Waals surface area contributed by atoms with Gasteiger partial charge in [-0.15, -0.1) is 0 Å². The average Bonchev–Trinajstić information content (AvgIpc) is 3.07. The average molecular weight is 353 g/mol. The first-order valence-corrected chi connectivity index (χ1v) is 9.81. The van der Waals surface area contributed by atoms with Crippen LogP contribution in [-0.4, -0.2) is 38.2 Å². The van der Waals surface area contributed by atoms with E-state index in [0.29, 0.717) is 0 Å². The third-order valence-corrected chi connectivity index (χ3v) is 5.79. The highest BCUT2D eigenvalue weighted by Crippen LogP contribution is 2.18. The van der Waals surface area contributed by atoms with Gasteiger partial charge in [0.1, 0.15) is 0 Å². The van der Waals surface area contributed by atoms with Crippen LogP contribution < -0.4 is 5.32 Å². The zero-order valence-corrected chi connectivity index (χ0v) is 14.6. The SMILES string of the molecule is C[C@@H](OC(=O)CCS(=O)(=O)c1ccccc1)C(=O)NC1CCCC1. The van der Waals surface area contributed by atoms with E-state index < -0.39 is 21.9 Å². The van der Waals surface area contributed by atoms with Crippen LogP contribution in [0.4, 0.5) is 0 Å². The van der Waals surface area contributed by atoms with Crippen molar-refractivity contribution in [2.45, 2.75) is 56.1 Å². The Kier molecular flexibility index (Phi) is 6.36. The van der Waals surface area contributed by atoms with Crippen LogP contribution in [0.3, 0.4) is 0 Å². The Morgan fingerprint density at radius 2 is 1.83 bits per heavy atom. The zero-order valence-electron chi connectivity index (χ0n) is 13.7. The standard InChI is InChI=1S/C17H23NO5S/c1-13(17(20)18-14-7-5-6-8-14)23-16(19)11-12-24(21,22)15-9-3-2-4-10-15/h2-4,9-10,13-14H,5-8,11-12H2,1H3,(H,18,20)/t13-/m1/s1. The highest BCUT2D eigenvalue weighted by atomic mass is 32.2. The maximum atomic E-state index is 12.1. The van der Waals surface area contributed by atoms with Gasteiger partial charge in [-0.2, -0.15) is 0 Å². The number of nitrogens with one attached hydrogen (secondary N) is 1. The van der Waals surface area contributed by atoms with Crippen molar-refractivity contribution in [1.29, 1.82) is 0 Å². The first-order chi connectivity index (χ1) is 11.4. The van der Waals surface area contributed by atoms with Crippen molar-refractivity contribution in [2.75, 3.05) is 5.75 Å². The minimum atomic E-state index is -3.53. The molecule has 1 fully saturated rings. The molecule has 1 aromatic carbocycles. The van der Waals surface area contributed by atoms with E-state index in [1.54, 1.807) is 18.2 Å². The van der Waals surface area contributed by atoms with Crippen molar-refractivity contribution < 1.29 is 22.7 Å². The van der Waals surface area contributed by atoms with Crippen LogP contribution in [0.25, 0.3) is 0 Å². The summed E-state index contributed by atoms with van der Waals surface area (Å²) in [5.74, 6) is -1.36. The van der Waals surface area contributed by atoms with Crippen molar-refractivity contribution in [1.82, 2.24) is 5.32 Å². The van der Waals surface area contributed by atoms with Gasteiger partial charge in [-0.25, -0.2) is 8.42 Å². The summed E-state index contributed by atoms with van der Waals surface area (Å²) in [6, 6.07) is 8.09. The molecule has 7 heteroatoms. The molecule has 1 saturated carbocycles. The predicted molar refractivity (Wildman–Crippen MR) is 89.1 cm³/mol. The highest BCUT2D eigenvalue weighted by molar-refractivity contribution is 7.91. The summed E-state index contributed by atoms with van der Waals surface area (Å²) in [5.41, 5.74) is 0. The second-order valence-electron chi connectivity index (χ2n) is 6.00. The molecule has 0 radical (unpaired) electrons. The second-order valence-corrected chi connectivity index (χ2v) is 8.11. The van der Waals surface area contributed by atoms with Crippen LogP contribution in [-0.2, 0) is 24.2 Å². The molecule has 1 aliphatic rings. The first-order valence-electron chi connectivity index (χ1n) is 8.16. The molecular weight excluding hydrogens is 330 g/mol. The quantitative estimate of drug-likeness (QED) is 0.756. The van der Waals surface area contributed by atoms with Gasteiger partial charge in [0.2, 0.25) is 0 Å². The van der Waals surface area contributed by atoms with Crippen LogP contribution in [0, 0.1) is 0 Å². The number of carbonyl (C=O) groups is 2. The number of amides is 1. The molecule has 2 rings (SSSR count). The molecule has 1 amide bonds. The van der Waals surface area contributed by atoms with Crippen LogP contribution in [0.5, 0.6) is 0 Å². The molecule has 132 valence electrons. The molecule has 0 unspecified atom stereocenters.